The third-order valence-electron chi connectivity index (χ3n) is 7.56. The molecule has 1 aliphatic heterocycles. The van der Waals surface area contributed by atoms with Crippen LogP contribution in [-0.2, 0) is 25.7 Å². The second-order valence-electron chi connectivity index (χ2n) is 10.2. The number of hydrogen-bond acceptors (Lipinski definition) is 3. The monoisotopic (exact) mass is 540 g/mol. The molecule has 0 spiro atoms. The molecule has 0 saturated carbocycles. The number of aryl methyl sites for hydroxylation is 1. The third-order valence-corrected chi connectivity index (χ3v) is 7.56. The summed E-state index contributed by atoms with van der Waals surface area (Å²) in [5.74, 6) is -0.102. The van der Waals surface area contributed by atoms with Gasteiger partial charge in [0.2, 0.25) is 0 Å². The van der Waals surface area contributed by atoms with Crippen LogP contribution in [0.3, 0.4) is 0 Å². The maximum Gasteiger partial charge on any atom is 0.416 e. The lowest BCUT2D eigenvalue weighted by atomic mass is 9.98. The maximum atomic E-state index is 13.2. The van der Waals surface area contributed by atoms with E-state index in [-0.39, 0.29) is 0 Å². The van der Waals surface area contributed by atoms with Gasteiger partial charge < -0.3 is 9.72 Å². The number of nitrogens with one attached hydrogen (secondary N) is 1. The Bertz CT molecular complexity index is 1700. The number of para-hydroxylation sites is 1. The van der Waals surface area contributed by atoms with E-state index in [0.717, 1.165) is 49.3 Å². The fraction of sp³-hybridized carbons (Fsp3) is 0.182. The Morgan fingerprint density at radius 3 is 2.48 bits per heavy atom. The predicted molar refractivity (Wildman–Crippen MR) is 149 cm³/mol. The van der Waals surface area contributed by atoms with Crippen LogP contribution in [0.1, 0.15) is 38.3 Å². The number of nitrogens with zero attached hydrogens (tertiary/aromatic N) is 1. The first-order valence-electron chi connectivity index (χ1n) is 13.2. The molecule has 0 amide bonds. The van der Waals surface area contributed by atoms with Crippen molar-refractivity contribution in [2.45, 2.75) is 32.6 Å². The summed E-state index contributed by atoms with van der Waals surface area (Å²) in [6.07, 6.45) is -3.58. The van der Waals surface area contributed by atoms with Gasteiger partial charge >= 0.3 is 12.1 Å². The Hall–Kier alpha value is -4.36. The zero-order chi connectivity index (χ0) is 27.9. The van der Waals surface area contributed by atoms with E-state index in [1.807, 2.05) is 18.2 Å². The second-order valence-corrected chi connectivity index (χ2v) is 10.2. The van der Waals surface area contributed by atoms with Gasteiger partial charge in [-0.3, -0.25) is 4.90 Å². The molecule has 4 nitrogen and oxygen atoms in total. The quantitative estimate of drug-likeness (QED) is 0.182. The zero-order valence-electron chi connectivity index (χ0n) is 21.9. The highest BCUT2D eigenvalue weighted by atomic mass is 19.4. The van der Waals surface area contributed by atoms with Crippen LogP contribution in [0.2, 0.25) is 0 Å². The number of aromatic amines is 1. The number of rotatable bonds is 5. The minimum atomic E-state index is -4.42. The molecule has 0 fully saturated rings. The summed E-state index contributed by atoms with van der Waals surface area (Å²) < 4.78 is 44.7. The van der Waals surface area contributed by atoms with Crippen LogP contribution in [0.15, 0.2) is 91.0 Å². The van der Waals surface area contributed by atoms with Crippen molar-refractivity contribution in [3.63, 3.8) is 0 Å². The lowest BCUT2D eigenvalue weighted by Gasteiger charge is -2.29. The molecule has 6 rings (SSSR count). The summed E-state index contributed by atoms with van der Waals surface area (Å²) in [4.78, 5) is 19.1. The normalized spacial score (nSPS) is 13.8. The van der Waals surface area contributed by atoms with Crippen molar-refractivity contribution in [1.29, 1.82) is 0 Å². The fourth-order valence-electron chi connectivity index (χ4n) is 5.46. The number of benzene rings is 4. The number of halogens is 3. The number of carbonyl (C=O) groups is 1. The Balaban J connectivity index is 1.17. The van der Waals surface area contributed by atoms with Crippen molar-refractivity contribution >= 4 is 16.9 Å². The van der Waals surface area contributed by atoms with Gasteiger partial charge in [0, 0.05) is 36.2 Å². The van der Waals surface area contributed by atoms with Gasteiger partial charge in [-0.15, -0.1) is 0 Å². The summed E-state index contributed by atoms with van der Waals surface area (Å²) in [5.41, 5.74) is 6.59. The zero-order valence-corrected chi connectivity index (χ0v) is 21.9. The molecule has 0 atom stereocenters. The van der Waals surface area contributed by atoms with Crippen molar-refractivity contribution in [3.05, 3.63) is 125 Å². The van der Waals surface area contributed by atoms with Crippen molar-refractivity contribution in [1.82, 2.24) is 9.88 Å². The van der Waals surface area contributed by atoms with Gasteiger partial charge in [0.1, 0.15) is 5.75 Å². The molecule has 0 aliphatic carbocycles. The SMILES string of the molecule is Cc1[nH]c2ccccc2c1CN1CCc2cc(OC(=O)c3ccccc3-c3ccc(C(F)(F)F)cc3)ccc2C1. The lowest BCUT2D eigenvalue weighted by Crippen LogP contribution is -2.30. The van der Waals surface area contributed by atoms with Crippen LogP contribution in [0.4, 0.5) is 13.2 Å². The number of carbonyl (C=O) groups excluding carboxylic acids is 1. The molecular formula is C33H27F3N2O2. The standard InChI is InChI=1S/C33H27F3N2O2/c1-21-30(28-7-4-5-9-31(28)37-21)20-38-17-16-23-18-26(15-12-24(23)19-38)40-32(39)29-8-3-2-6-27(29)22-10-13-25(14-11-22)33(34,35)36/h2-15,18,37H,16-17,19-20H2,1H3. The number of alkyl halides is 3. The highest BCUT2D eigenvalue weighted by Crippen LogP contribution is 2.33. The average Bonchev–Trinajstić information content (AvgIpc) is 3.27. The molecule has 5 aromatic rings. The van der Waals surface area contributed by atoms with Crippen LogP contribution in [-0.4, -0.2) is 22.4 Å². The molecular weight excluding hydrogens is 513 g/mol. The molecule has 4 aromatic carbocycles. The van der Waals surface area contributed by atoms with Gasteiger partial charge in [0.25, 0.3) is 0 Å². The minimum Gasteiger partial charge on any atom is -0.423 e. The summed E-state index contributed by atoms with van der Waals surface area (Å²) >= 11 is 0. The highest BCUT2D eigenvalue weighted by molar-refractivity contribution is 5.98. The first-order valence-corrected chi connectivity index (χ1v) is 13.2. The topological polar surface area (TPSA) is 45.3 Å². The molecule has 7 heteroatoms. The number of hydrogen-bond donors (Lipinski definition) is 1. The Labute approximate surface area is 230 Å². The van der Waals surface area contributed by atoms with E-state index in [2.05, 4.69) is 35.0 Å². The van der Waals surface area contributed by atoms with Crippen molar-refractivity contribution in [2.24, 2.45) is 0 Å². The maximum absolute atomic E-state index is 13.2. The van der Waals surface area contributed by atoms with Crippen LogP contribution in [0, 0.1) is 6.92 Å². The van der Waals surface area contributed by atoms with Crippen LogP contribution >= 0.6 is 0 Å². The van der Waals surface area contributed by atoms with Crippen molar-refractivity contribution in [3.8, 4) is 16.9 Å². The van der Waals surface area contributed by atoms with Crippen molar-refractivity contribution < 1.29 is 22.7 Å². The predicted octanol–water partition coefficient (Wildman–Crippen LogP) is 7.94. The third kappa shape index (κ3) is 5.12. The minimum absolute atomic E-state index is 0.292. The van der Waals surface area contributed by atoms with Crippen LogP contribution in [0.25, 0.3) is 22.0 Å². The molecule has 1 aliphatic rings. The second kappa shape index (κ2) is 10.3. The van der Waals surface area contributed by atoms with E-state index in [0.29, 0.717) is 22.4 Å². The lowest BCUT2D eigenvalue weighted by molar-refractivity contribution is -0.137. The Kier molecular flexibility index (Phi) is 6.68. The van der Waals surface area contributed by atoms with Gasteiger partial charge in [0.15, 0.2) is 0 Å². The van der Waals surface area contributed by atoms with E-state index in [1.165, 1.54) is 34.3 Å². The molecule has 1 N–H and O–H groups in total. The summed E-state index contributed by atoms with van der Waals surface area (Å²) in [5, 5.41) is 1.25. The average molecular weight is 541 g/mol. The van der Waals surface area contributed by atoms with Gasteiger partial charge in [-0.25, -0.2) is 4.79 Å². The molecule has 2 heterocycles. The number of H-pyrrole nitrogens is 1. The first kappa shape index (κ1) is 25.9. The summed E-state index contributed by atoms with van der Waals surface area (Å²) in [6, 6.07) is 25.6. The van der Waals surface area contributed by atoms with E-state index < -0.39 is 17.7 Å². The Morgan fingerprint density at radius 1 is 0.925 bits per heavy atom. The summed E-state index contributed by atoms with van der Waals surface area (Å²) in [7, 11) is 0. The number of esters is 1. The molecule has 0 radical (unpaired) electrons. The summed E-state index contributed by atoms with van der Waals surface area (Å²) in [6.45, 7) is 4.66. The van der Waals surface area contributed by atoms with Crippen molar-refractivity contribution in [2.75, 3.05) is 6.54 Å². The number of fused-ring (bicyclic) bond motifs is 2. The number of aromatic nitrogens is 1. The number of ether oxygens (including phenoxy) is 1. The molecule has 40 heavy (non-hydrogen) atoms. The molecule has 0 unspecified atom stereocenters. The molecule has 1 aromatic heterocycles. The van der Waals surface area contributed by atoms with E-state index in [9.17, 15) is 18.0 Å². The smallest absolute Gasteiger partial charge is 0.416 e. The largest absolute Gasteiger partial charge is 0.423 e. The molecule has 0 saturated heterocycles. The van der Waals surface area contributed by atoms with E-state index in [1.54, 1.807) is 30.3 Å². The van der Waals surface area contributed by atoms with Gasteiger partial charge in [0.05, 0.1) is 11.1 Å². The van der Waals surface area contributed by atoms with Gasteiger partial charge in [-0.1, -0.05) is 54.6 Å². The highest BCUT2D eigenvalue weighted by Gasteiger charge is 2.30. The molecule has 0 bridgehead atoms. The van der Waals surface area contributed by atoms with Gasteiger partial charge in [-0.2, -0.15) is 13.2 Å². The van der Waals surface area contributed by atoms with Gasteiger partial charge in [-0.05, 0) is 77.6 Å². The fourth-order valence-corrected chi connectivity index (χ4v) is 5.46. The Morgan fingerprint density at radius 2 is 1.68 bits per heavy atom. The first-order chi connectivity index (χ1) is 19.3. The van der Waals surface area contributed by atoms with Crippen LogP contribution < -0.4 is 4.74 Å². The van der Waals surface area contributed by atoms with E-state index in [4.69, 9.17) is 4.74 Å². The van der Waals surface area contributed by atoms with E-state index >= 15 is 0 Å². The van der Waals surface area contributed by atoms with Crippen LogP contribution in [0.5, 0.6) is 5.75 Å². The molecule has 202 valence electrons.